The lowest BCUT2D eigenvalue weighted by Gasteiger charge is -1.50. The van der Waals surface area contributed by atoms with Crippen molar-refractivity contribution in [3.63, 3.8) is 0 Å². The zero-order valence-corrected chi connectivity index (χ0v) is 3.72. The molecule has 0 spiro atoms. The second-order valence-electron chi connectivity index (χ2n) is 0.0816. The van der Waals surface area contributed by atoms with Crippen LogP contribution in [0.3, 0.4) is 0 Å². The third-order valence-corrected chi connectivity index (χ3v) is 0. The van der Waals surface area contributed by atoms with Gasteiger partial charge in [-0.15, -0.1) is 0 Å². The standard InChI is InChI=1S/H3N.H2OS2/c;1-3-2/h1H3;1-2H. The SMILES string of the molecule is N.OSS. The van der Waals surface area contributed by atoms with Crippen molar-refractivity contribution < 1.29 is 4.55 Å². The molecule has 0 amide bonds. The zero-order chi connectivity index (χ0) is 2.71. The van der Waals surface area contributed by atoms with Crippen molar-refractivity contribution in [1.82, 2.24) is 6.15 Å². The molecule has 4 heteroatoms. The van der Waals surface area contributed by atoms with Gasteiger partial charge >= 0.3 is 0 Å². The summed E-state index contributed by atoms with van der Waals surface area (Å²) < 4.78 is 7.35. The van der Waals surface area contributed by atoms with Crippen LogP contribution >= 0.6 is 22.7 Å². The van der Waals surface area contributed by atoms with Crippen molar-refractivity contribution in [3.8, 4) is 0 Å². The average Bonchev–Trinajstić information content (AvgIpc) is 0.918. The number of hydrogen-bond donors (Lipinski definition) is 3. The third-order valence-electron chi connectivity index (χ3n) is 0. The van der Waals surface area contributed by atoms with E-state index in [0.717, 1.165) is 0 Å². The summed E-state index contributed by atoms with van der Waals surface area (Å²) in [6.45, 7) is 0. The highest BCUT2D eigenvalue weighted by Crippen LogP contribution is 1.90. The third kappa shape index (κ3) is 17.9. The Kier molecular flexibility index (Phi) is 20.9. The molecule has 0 aromatic rings. The normalized spacial score (nSPS) is 4.50. The van der Waals surface area contributed by atoms with Crippen LogP contribution in [0.15, 0.2) is 0 Å². The van der Waals surface area contributed by atoms with Crippen LogP contribution < -0.4 is 6.15 Å². The summed E-state index contributed by atoms with van der Waals surface area (Å²) in [6.07, 6.45) is 0. The molecular formula is H5NOS2. The van der Waals surface area contributed by atoms with Gasteiger partial charge in [-0.3, -0.25) is 0 Å². The van der Waals surface area contributed by atoms with Gasteiger partial charge in [0.15, 0.2) is 0 Å². The molecule has 0 heterocycles. The van der Waals surface area contributed by atoms with Gasteiger partial charge in [-0.05, 0) is 0 Å². The highest BCUT2D eigenvalue weighted by Gasteiger charge is 1.35. The second-order valence-corrected chi connectivity index (χ2v) is 0.735. The second kappa shape index (κ2) is 9.47. The topological polar surface area (TPSA) is 55.2 Å². The fraction of sp³-hybridized carbons (Fsp3) is 0. The maximum atomic E-state index is 7.35. The van der Waals surface area contributed by atoms with E-state index < -0.39 is 0 Å². The number of rotatable bonds is 0. The lowest BCUT2D eigenvalue weighted by Crippen LogP contribution is -1.12. The average molecular weight is 99.2 g/mol. The minimum atomic E-state index is 0. The summed E-state index contributed by atoms with van der Waals surface area (Å²) in [6, 6.07) is 0. The predicted molar refractivity (Wildman–Crippen MR) is 24.2 cm³/mol. The lowest BCUT2D eigenvalue weighted by atomic mass is 14.0. The quantitative estimate of drug-likeness (QED) is 0.243. The van der Waals surface area contributed by atoms with Crippen molar-refractivity contribution >= 4 is 22.7 Å². The molecule has 0 aliphatic rings. The Morgan fingerprint density at radius 3 is 1.75 bits per heavy atom. The first-order valence-electron chi connectivity index (χ1n) is 0.365. The first-order chi connectivity index (χ1) is 1.41. The van der Waals surface area contributed by atoms with E-state index >= 15 is 0 Å². The Morgan fingerprint density at radius 2 is 1.75 bits per heavy atom. The molecule has 0 bridgehead atoms. The molecular weight excluding hydrogens is 94.1 g/mol. The summed E-state index contributed by atoms with van der Waals surface area (Å²) in [4.78, 5) is 0. The molecule has 0 aromatic heterocycles. The van der Waals surface area contributed by atoms with Crippen LogP contribution in [-0.2, 0) is 0 Å². The molecule has 0 rings (SSSR count). The van der Waals surface area contributed by atoms with Crippen molar-refractivity contribution in [3.05, 3.63) is 0 Å². The Hall–Kier alpha value is 0.620. The van der Waals surface area contributed by atoms with Crippen LogP contribution in [0.2, 0.25) is 0 Å². The van der Waals surface area contributed by atoms with E-state index in [-0.39, 0.29) is 6.15 Å². The van der Waals surface area contributed by atoms with E-state index in [2.05, 4.69) is 11.7 Å². The van der Waals surface area contributed by atoms with Gasteiger partial charge in [0.25, 0.3) is 0 Å². The van der Waals surface area contributed by atoms with Gasteiger partial charge in [0.2, 0.25) is 0 Å². The Labute approximate surface area is 34.2 Å². The summed E-state index contributed by atoms with van der Waals surface area (Å²) >= 11 is 3.71. The maximum absolute atomic E-state index is 7.35. The highest BCUT2D eigenvalue weighted by molar-refractivity contribution is 8.66. The molecule has 0 radical (unpaired) electrons. The van der Waals surface area contributed by atoms with Crippen molar-refractivity contribution in [2.45, 2.75) is 0 Å². The van der Waals surface area contributed by atoms with Crippen LogP contribution in [0.4, 0.5) is 0 Å². The highest BCUT2D eigenvalue weighted by atomic mass is 33.1. The molecule has 0 atom stereocenters. The molecule has 28 valence electrons. The number of thiol groups is 1. The summed E-state index contributed by atoms with van der Waals surface area (Å²) in [5, 5.41) is 0. The summed E-state index contributed by atoms with van der Waals surface area (Å²) in [5.74, 6) is 0. The van der Waals surface area contributed by atoms with Gasteiger partial charge < -0.3 is 10.7 Å². The van der Waals surface area contributed by atoms with Crippen LogP contribution in [0.5, 0.6) is 0 Å². The molecule has 4 N–H and O–H groups in total. The van der Waals surface area contributed by atoms with Crippen LogP contribution in [0.25, 0.3) is 0 Å². The van der Waals surface area contributed by atoms with Crippen LogP contribution in [0, 0.1) is 0 Å². The van der Waals surface area contributed by atoms with E-state index in [4.69, 9.17) is 4.55 Å². The zero-order valence-electron chi connectivity index (χ0n) is 2.01. The minimum absolute atomic E-state index is 0. The van der Waals surface area contributed by atoms with Gasteiger partial charge in [-0.2, -0.15) is 0 Å². The molecule has 0 aliphatic heterocycles. The summed E-state index contributed by atoms with van der Waals surface area (Å²) in [7, 11) is 0. The van der Waals surface area contributed by atoms with Crippen LogP contribution in [0.1, 0.15) is 0 Å². The molecule has 0 unspecified atom stereocenters. The fourth-order valence-electron chi connectivity index (χ4n) is 0. The van der Waals surface area contributed by atoms with E-state index in [1.165, 1.54) is 0 Å². The first kappa shape index (κ1) is 8.82. The summed E-state index contributed by atoms with van der Waals surface area (Å²) in [5.41, 5.74) is 0. The Balaban J connectivity index is 0. The number of hydrogen-bond acceptors (Lipinski definition) is 4. The van der Waals surface area contributed by atoms with Crippen molar-refractivity contribution in [1.29, 1.82) is 0 Å². The molecule has 4 heavy (non-hydrogen) atoms. The molecule has 0 aromatic carbocycles. The van der Waals surface area contributed by atoms with E-state index in [0.29, 0.717) is 11.1 Å². The van der Waals surface area contributed by atoms with Gasteiger partial charge in [0.1, 0.15) is 0 Å². The molecule has 0 fully saturated rings. The monoisotopic (exact) mass is 99.0 g/mol. The lowest BCUT2D eigenvalue weighted by molar-refractivity contribution is 0.676. The van der Waals surface area contributed by atoms with E-state index in [9.17, 15) is 0 Å². The minimum Gasteiger partial charge on any atom is -0.344 e. The van der Waals surface area contributed by atoms with Crippen LogP contribution in [-0.4, -0.2) is 4.55 Å². The predicted octanol–water partition coefficient (Wildman–Crippen LogP) is 1.20. The van der Waals surface area contributed by atoms with Gasteiger partial charge in [0, 0.05) is 0 Å². The van der Waals surface area contributed by atoms with Gasteiger partial charge in [0.05, 0.1) is 11.1 Å². The van der Waals surface area contributed by atoms with Gasteiger partial charge in [-0.25, -0.2) is 0 Å². The Bertz CT molecular complexity index is 6.00. The molecule has 0 aliphatic carbocycles. The smallest absolute Gasteiger partial charge is 0.0559 e. The molecule has 0 saturated carbocycles. The fourth-order valence-corrected chi connectivity index (χ4v) is 0. The van der Waals surface area contributed by atoms with E-state index in [1.807, 2.05) is 0 Å². The van der Waals surface area contributed by atoms with Crippen molar-refractivity contribution in [2.75, 3.05) is 0 Å². The maximum Gasteiger partial charge on any atom is 0.0559 e. The molecule has 2 nitrogen and oxygen atoms in total. The van der Waals surface area contributed by atoms with Crippen molar-refractivity contribution in [2.24, 2.45) is 0 Å². The largest absolute Gasteiger partial charge is 0.344 e. The molecule has 0 saturated heterocycles. The van der Waals surface area contributed by atoms with E-state index in [1.54, 1.807) is 0 Å². The van der Waals surface area contributed by atoms with Gasteiger partial charge in [-0.1, -0.05) is 11.7 Å². The Morgan fingerprint density at radius 1 is 1.75 bits per heavy atom. The first-order valence-corrected chi connectivity index (χ1v) is 2.19.